The summed E-state index contributed by atoms with van der Waals surface area (Å²) in [6, 6.07) is 7.66. The van der Waals surface area contributed by atoms with E-state index in [0.29, 0.717) is 13.1 Å². The molecule has 0 radical (unpaired) electrons. The Balaban J connectivity index is 1.35. The Bertz CT molecular complexity index is 1280. The topological polar surface area (TPSA) is 71.6 Å². The minimum absolute atomic E-state index is 0.108. The van der Waals surface area contributed by atoms with Crippen molar-refractivity contribution in [3.8, 4) is 17.6 Å². The standard InChI is InChI=1S/C29H32F3N3O2/c1-37-22-6-7-27-24(16-22)23(21(17-33)18-34-27)5-2-8-29(19-36)9-12-35(13-10-29)11-3-4-20-14-25(30)28(32)26(31)15-20/h6-7,14-16,18,36H,2,5,8-13,17,19,33H2,1H3. The van der Waals surface area contributed by atoms with Gasteiger partial charge < -0.3 is 15.6 Å². The Morgan fingerprint density at radius 1 is 1.14 bits per heavy atom. The second-order valence-corrected chi connectivity index (χ2v) is 9.69. The fraction of sp³-hybridized carbons (Fsp3) is 0.414. The molecule has 4 rings (SSSR count). The maximum Gasteiger partial charge on any atom is 0.194 e. The fourth-order valence-electron chi connectivity index (χ4n) is 5.06. The normalized spacial score (nSPS) is 15.4. The molecule has 0 unspecified atom stereocenters. The van der Waals surface area contributed by atoms with Gasteiger partial charge in [0.2, 0.25) is 0 Å². The number of benzene rings is 2. The first-order chi connectivity index (χ1) is 17.9. The zero-order chi connectivity index (χ0) is 26.4. The van der Waals surface area contributed by atoms with E-state index in [1.165, 1.54) is 5.56 Å². The average molecular weight is 512 g/mol. The summed E-state index contributed by atoms with van der Waals surface area (Å²) in [5.41, 5.74) is 9.07. The molecule has 196 valence electrons. The lowest BCUT2D eigenvalue weighted by molar-refractivity contribution is 0.0401. The van der Waals surface area contributed by atoms with Gasteiger partial charge in [-0.25, -0.2) is 13.2 Å². The molecule has 0 bridgehead atoms. The summed E-state index contributed by atoms with van der Waals surface area (Å²) >= 11 is 0. The molecule has 2 aromatic carbocycles. The van der Waals surface area contributed by atoms with Gasteiger partial charge in [0.15, 0.2) is 17.5 Å². The number of piperidine rings is 1. The van der Waals surface area contributed by atoms with E-state index in [0.717, 1.165) is 79.5 Å². The molecule has 1 saturated heterocycles. The molecule has 0 saturated carbocycles. The number of rotatable bonds is 8. The second kappa shape index (κ2) is 12.0. The lowest BCUT2D eigenvalue weighted by atomic mass is 9.75. The number of likely N-dealkylation sites (tertiary alicyclic amines) is 1. The highest BCUT2D eigenvalue weighted by atomic mass is 19.2. The molecule has 0 aliphatic carbocycles. The lowest BCUT2D eigenvalue weighted by Crippen LogP contribution is -2.42. The summed E-state index contributed by atoms with van der Waals surface area (Å²) in [6.07, 6.45) is 6.14. The highest BCUT2D eigenvalue weighted by Crippen LogP contribution is 2.37. The van der Waals surface area contributed by atoms with E-state index in [1.807, 2.05) is 24.4 Å². The van der Waals surface area contributed by atoms with Gasteiger partial charge in [0.05, 0.1) is 19.2 Å². The van der Waals surface area contributed by atoms with Crippen LogP contribution >= 0.6 is 0 Å². The van der Waals surface area contributed by atoms with Crippen LogP contribution in [0, 0.1) is 34.7 Å². The number of aliphatic hydroxyl groups is 1. The number of nitrogens with zero attached hydrogens (tertiary/aromatic N) is 2. The smallest absolute Gasteiger partial charge is 0.194 e. The van der Waals surface area contributed by atoms with Gasteiger partial charge in [-0.05, 0) is 92.1 Å². The number of nitrogens with two attached hydrogens (primary N) is 1. The molecule has 1 fully saturated rings. The summed E-state index contributed by atoms with van der Waals surface area (Å²) in [6.45, 7) is 2.51. The molecule has 1 aliphatic rings. The van der Waals surface area contributed by atoms with Crippen LogP contribution < -0.4 is 10.5 Å². The predicted molar refractivity (Wildman–Crippen MR) is 138 cm³/mol. The summed E-state index contributed by atoms with van der Waals surface area (Å²) in [5.74, 6) is 2.44. The van der Waals surface area contributed by atoms with Crippen molar-refractivity contribution in [1.29, 1.82) is 0 Å². The van der Waals surface area contributed by atoms with Gasteiger partial charge in [0.1, 0.15) is 5.75 Å². The number of aromatic nitrogens is 1. The van der Waals surface area contributed by atoms with Crippen molar-refractivity contribution in [2.45, 2.75) is 38.6 Å². The van der Waals surface area contributed by atoms with Crippen LogP contribution in [0.5, 0.6) is 5.75 Å². The molecule has 0 atom stereocenters. The Morgan fingerprint density at radius 2 is 1.86 bits per heavy atom. The number of aliphatic hydroxyl groups excluding tert-OH is 1. The average Bonchev–Trinajstić information content (AvgIpc) is 2.92. The van der Waals surface area contributed by atoms with Crippen molar-refractivity contribution in [1.82, 2.24) is 9.88 Å². The van der Waals surface area contributed by atoms with Gasteiger partial charge in [-0.15, -0.1) is 0 Å². The quantitative estimate of drug-likeness (QED) is 0.343. The fourth-order valence-corrected chi connectivity index (χ4v) is 5.06. The SMILES string of the molecule is COc1ccc2ncc(CN)c(CCCC3(CO)CCN(CC#Cc4cc(F)c(F)c(F)c4)CC3)c2c1. The van der Waals surface area contributed by atoms with Crippen molar-refractivity contribution in [3.05, 3.63) is 70.7 Å². The lowest BCUT2D eigenvalue weighted by Gasteiger charge is -2.40. The van der Waals surface area contributed by atoms with E-state index in [9.17, 15) is 18.3 Å². The maximum absolute atomic E-state index is 13.4. The second-order valence-electron chi connectivity index (χ2n) is 9.69. The third kappa shape index (κ3) is 6.24. The van der Waals surface area contributed by atoms with E-state index in [2.05, 4.69) is 21.7 Å². The highest BCUT2D eigenvalue weighted by Gasteiger charge is 2.33. The third-order valence-electron chi connectivity index (χ3n) is 7.40. The van der Waals surface area contributed by atoms with Gasteiger partial charge in [-0.2, -0.15) is 0 Å². The Kier molecular flexibility index (Phi) is 8.70. The number of fused-ring (bicyclic) bond motifs is 1. The molecule has 8 heteroatoms. The van der Waals surface area contributed by atoms with Crippen molar-refractivity contribution >= 4 is 10.9 Å². The van der Waals surface area contributed by atoms with Gasteiger partial charge in [0.25, 0.3) is 0 Å². The molecule has 1 aromatic heterocycles. The van der Waals surface area contributed by atoms with Crippen LogP contribution in [0.1, 0.15) is 42.4 Å². The van der Waals surface area contributed by atoms with Gasteiger partial charge >= 0.3 is 0 Å². The third-order valence-corrected chi connectivity index (χ3v) is 7.40. The first kappa shape index (κ1) is 26.9. The van der Waals surface area contributed by atoms with Gasteiger partial charge in [0, 0.05) is 30.3 Å². The van der Waals surface area contributed by atoms with Crippen molar-refractivity contribution in [2.75, 3.05) is 33.4 Å². The number of pyridine rings is 1. The number of halogens is 3. The van der Waals surface area contributed by atoms with E-state index >= 15 is 0 Å². The zero-order valence-electron chi connectivity index (χ0n) is 21.0. The summed E-state index contributed by atoms with van der Waals surface area (Å²) in [5, 5.41) is 11.3. The number of hydrogen-bond acceptors (Lipinski definition) is 5. The van der Waals surface area contributed by atoms with Crippen LogP contribution in [0.4, 0.5) is 13.2 Å². The molecule has 5 nitrogen and oxygen atoms in total. The Labute approximate surface area is 215 Å². The van der Waals surface area contributed by atoms with Crippen molar-refractivity contribution in [3.63, 3.8) is 0 Å². The highest BCUT2D eigenvalue weighted by molar-refractivity contribution is 5.84. The number of ether oxygens (including phenoxy) is 1. The largest absolute Gasteiger partial charge is 0.497 e. The minimum atomic E-state index is -1.49. The van der Waals surface area contributed by atoms with Crippen LogP contribution in [0.25, 0.3) is 10.9 Å². The molecule has 1 aliphatic heterocycles. The van der Waals surface area contributed by atoms with E-state index in [-0.39, 0.29) is 17.6 Å². The zero-order valence-corrected chi connectivity index (χ0v) is 21.0. The molecule has 2 heterocycles. The maximum atomic E-state index is 13.4. The minimum Gasteiger partial charge on any atom is -0.497 e. The molecule has 3 N–H and O–H groups in total. The predicted octanol–water partition coefficient (Wildman–Crippen LogP) is 4.57. The number of aryl methyl sites for hydroxylation is 1. The van der Waals surface area contributed by atoms with Gasteiger partial charge in [-0.1, -0.05) is 11.8 Å². The molecule has 37 heavy (non-hydrogen) atoms. The monoisotopic (exact) mass is 511 g/mol. The van der Waals surface area contributed by atoms with Crippen LogP contribution in [0.15, 0.2) is 36.5 Å². The van der Waals surface area contributed by atoms with Crippen LogP contribution in [0.2, 0.25) is 0 Å². The molecular formula is C29H32F3N3O2. The van der Waals surface area contributed by atoms with Crippen molar-refractivity contribution < 1.29 is 23.0 Å². The van der Waals surface area contributed by atoms with Crippen LogP contribution in [-0.2, 0) is 13.0 Å². The summed E-state index contributed by atoms with van der Waals surface area (Å²) in [7, 11) is 1.65. The Hall–Kier alpha value is -3.12. The summed E-state index contributed by atoms with van der Waals surface area (Å²) in [4.78, 5) is 6.69. The summed E-state index contributed by atoms with van der Waals surface area (Å²) < 4.78 is 45.3. The Morgan fingerprint density at radius 3 is 2.51 bits per heavy atom. The van der Waals surface area contributed by atoms with Crippen LogP contribution in [-0.4, -0.2) is 48.3 Å². The van der Waals surface area contributed by atoms with E-state index in [1.54, 1.807) is 7.11 Å². The molecule has 0 amide bonds. The van der Waals surface area contributed by atoms with E-state index < -0.39 is 17.5 Å². The number of hydrogen-bond donors (Lipinski definition) is 2. The molecule has 3 aromatic rings. The van der Waals surface area contributed by atoms with Crippen molar-refractivity contribution in [2.24, 2.45) is 11.1 Å². The number of methoxy groups -OCH3 is 1. The van der Waals surface area contributed by atoms with Crippen LogP contribution in [0.3, 0.4) is 0 Å². The molecular weight excluding hydrogens is 479 g/mol. The molecule has 0 spiro atoms. The van der Waals surface area contributed by atoms with E-state index in [4.69, 9.17) is 10.5 Å². The van der Waals surface area contributed by atoms with Gasteiger partial charge in [-0.3, -0.25) is 9.88 Å². The first-order valence-electron chi connectivity index (χ1n) is 12.5. The first-order valence-corrected chi connectivity index (χ1v) is 12.5.